The first-order valence-electron chi connectivity index (χ1n) is 12.2. The lowest BCUT2D eigenvalue weighted by atomic mass is 9.54. The summed E-state index contributed by atoms with van der Waals surface area (Å²) in [6.45, 7) is 4.34. The molecule has 0 spiro atoms. The zero-order chi connectivity index (χ0) is 25.7. The highest BCUT2D eigenvalue weighted by molar-refractivity contribution is 5.73. The molecule has 0 radical (unpaired) electrons. The summed E-state index contributed by atoms with van der Waals surface area (Å²) in [6, 6.07) is 5.87. The summed E-state index contributed by atoms with van der Waals surface area (Å²) in [4.78, 5) is 10.1. The monoisotopic (exact) mass is 495 g/mol. The van der Waals surface area contributed by atoms with E-state index >= 15 is 4.39 Å². The lowest BCUT2D eigenvalue weighted by Crippen LogP contribution is -2.57. The number of fused-ring (bicyclic) bond motifs is 2. The standard InChI is InChI=1S/C27H31F2N5O2/c1-26-8-5-9-27(2,15-26)24(29)20(12-26)34(3)22-14-31-25(33-32-22)17-7-6-16(10-21(17)35)18-11-23(36-4)30-13-19(18)28/h6-7,10-11,13-14,20,24,35H,5,8-9,12,15H2,1-4H3/t20-,24-,26-,27-/m1/s1. The first kappa shape index (κ1) is 24.3. The van der Waals surface area contributed by atoms with E-state index in [0.717, 1.165) is 38.3 Å². The maximum atomic E-state index is 15.7. The summed E-state index contributed by atoms with van der Waals surface area (Å²) in [5.41, 5.74) is 0.869. The first-order valence-corrected chi connectivity index (χ1v) is 12.2. The van der Waals surface area contributed by atoms with Gasteiger partial charge in [-0.05, 0) is 48.8 Å². The predicted molar refractivity (Wildman–Crippen MR) is 133 cm³/mol. The van der Waals surface area contributed by atoms with E-state index in [-0.39, 0.29) is 39.9 Å². The van der Waals surface area contributed by atoms with E-state index in [1.807, 2.05) is 11.9 Å². The van der Waals surface area contributed by atoms with Crippen molar-refractivity contribution in [3.05, 3.63) is 42.5 Å². The summed E-state index contributed by atoms with van der Waals surface area (Å²) >= 11 is 0. The van der Waals surface area contributed by atoms with Crippen LogP contribution in [0.3, 0.4) is 0 Å². The Morgan fingerprint density at radius 2 is 1.89 bits per heavy atom. The molecule has 4 atom stereocenters. The van der Waals surface area contributed by atoms with Gasteiger partial charge in [0, 0.05) is 24.1 Å². The Morgan fingerprint density at radius 3 is 2.58 bits per heavy atom. The first-order chi connectivity index (χ1) is 17.1. The Hall–Kier alpha value is -3.36. The van der Waals surface area contributed by atoms with Gasteiger partial charge in [0.05, 0.1) is 31.1 Å². The van der Waals surface area contributed by atoms with Crippen LogP contribution in [0.1, 0.15) is 46.0 Å². The molecule has 2 bridgehead atoms. The van der Waals surface area contributed by atoms with Crippen LogP contribution >= 0.6 is 0 Å². The number of pyridine rings is 1. The minimum absolute atomic E-state index is 0.115. The molecule has 3 aromatic rings. The molecule has 36 heavy (non-hydrogen) atoms. The largest absolute Gasteiger partial charge is 0.507 e. The number of rotatable bonds is 5. The second kappa shape index (κ2) is 8.94. The lowest BCUT2D eigenvalue weighted by molar-refractivity contribution is -0.0540. The van der Waals surface area contributed by atoms with E-state index < -0.39 is 12.0 Å². The third-order valence-electron chi connectivity index (χ3n) is 8.06. The number of phenolic OH excluding ortho intramolecular Hbond substituents is 1. The molecule has 1 aromatic carbocycles. The van der Waals surface area contributed by atoms with Gasteiger partial charge < -0.3 is 14.7 Å². The minimum atomic E-state index is -0.957. The number of nitrogens with zero attached hydrogens (tertiary/aromatic N) is 5. The summed E-state index contributed by atoms with van der Waals surface area (Å²) in [5.74, 6) is 0.326. The van der Waals surface area contributed by atoms with Crippen LogP contribution in [-0.2, 0) is 0 Å². The Labute approximate surface area is 209 Å². The SMILES string of the molecule is COc1cc(-c2ccc(-c3ncc(N(C)[C@@H]4C[C@@]5(C)CCC[C@](C)(C5)[C@@H]4F)nn3)c(O)c2)c(F)cn1. The van der Waals surface area contributed by atoms with Gasteiger partial charge in [0.15, 0.2) is 11.6 Å². The Morgan fingerprint density at radius 1 is 1.08 bits per heavy atom. The van der Waals surface area contributed by atoms with Crippen molar-refractivity contribution >= 4 is 5.82 Å². The van der Waals surface area contributed by atoms with Crippen molar-refractivity contribution in [1.82, 2.24) is 20.2 Å². The number of aromatic nitrogens is 4. The number of halogens is 2. The number of hydrogen-bond donors (Lipinski definition) is 1. The van der Waals surface area contributed by atoms with Gasteiger partial charge in [-0.3, -0.25) is 0 Å². The molecule has 2 aromatic heterocycles. The molecule has 2 heterocycles. The highest BCUT2D eigenvalue weighted by Crippen LogP contribution is 2.57. The van der Waals surface area contributed by atoms with Gasteiger partial charge >= 0.3 is 0 Å². The number of alkyl halides is 1. The van der Waals surface area contributed by atoms with Gasteiger partial charge in [-0.2, -0.15) is 0 Å². The summed E-state index contributed by atoms with van der Waals surface area (Å²) < 4.78 is 35.1. The average molecular weight is 496 g/mol. The topological polar surface area (TPSA) is 84.3 Å². The second-order valence-electron chi connectivity index (χ2n) is 10.9. The van der Waals surface area contributed by atoms with E-state index in [1.54, 1.807) is 18.3 Å². The Kier molecular flexibility index (Phi) is 6.04. The highest BCUT2D eigenvalue weighted by atomic mass is 19.1. The van der Waals surface area contributed by atoms with Crippen molar-refractivity contribution in [2.45, 2.75) is 58.2 Å². The number of phenols is 1. The van der Waals surface area contributed by atoms with Gasteiger partial charge in [-0.1, -0.05) is 26.3 Å². The molecule has 0 amide bonds. The van der Waals surface area contributed by atoms with Gasteiger partial charge in [0.2, 0.25) is 5.88 Å². The van der Waals surface area contributed by atoms with E-state index in [4.69, 9.17) is 4.74 Å². The fourth-order valence-corrected chi connectivity index (χ4v) is 6.25. The van der Waals surface area contributed by atoms with E-state index in [1.165, 1.54) is 19.2 Å². The molecular weight excluding hydrogens is 464 g/mol. The van der Waals surface area contributed by atoms with Crippen LogP contribution in [0, 0.1) is 16.6 Å². The van der Waals surface area contributed by atoms with Gasteiger partial charge in [-0.25, -0.2) is 18.7 Å². The number of aromatic hydroxyl groups is 1. The summed E-state index contributed by atoms with van der Waals surface area (Å²) in [6.07, 6.45) is 6.46. The number of anilines is 1. The molecule has 0 aliphatic heterocycles. The van der Waals surface area contributed by atoms with E-state index in [9.17, 15) is 9.50 Å². The van der Waals surface area contributed by atoms with Crippen molar-refractivity contribution in [2.24, 2.45) is 10.8 Å². The van der Waals surface area contributed by atoms with Crippen molar-refractivity contribution < 1.29 is 18.6 Å². The fraction of sp³-hybridized carbons (Fsp3) is 0.481. The Balaban J connectivity index is 1.38. The number of hydrogen-bond acceptors (Lipinski definition) is 7. The highest BCUT2D eigenvalue weighted by Gasteiger charge is 2.54. The number of methoxy groups -OCH3 is 1. The molecular formula is C27H31F2N5O2. The molecule has 2 fully saturated rings. The fourth-order valence-electron chi connectivity index (χ4n) is 6.25. The molecule has 9 heteroatoms. The maximum absolute atomic E-state index is 15.7. The van der Waals surface area contributed by atoms with Crippen LogP contribution < -0.4 is 9.64 Å². The van der Waals surface area contributed by atoms with Crippen molar-refractivity contribution in [3.8, 4) is 34.1 Å². The summed E-state index contributed by atoms with van der Waals surface area (Å²) in [5, 5.41) is 19.2. The zero-order valence-electron chi connectivity index (χ0n) is 21.0. The van der Waals surface area contributed by atoms with Crippen molar-refractivity contribution in [2.75, 3.05) is 19.1 Å². The van der Waals surface area contributed by atoms with Crippen LogP contribution in [0.15, 0.2) is 36.7 Å². The summed E-state index contributed by atoms with van der Waals surface area (Å²) in [7, 11) is 3.30. The molecule has 7 nitrogen and oxygen atoms in total. The second-order valence-corrected chi connectivity index (χ2v) is 10.9. The third kappa shape index (κ3) is 4.24. The molecule has 190 valence electrons. The quantitative estimate of drug-likeness (QED) is 0.494. The van der Waals surface area contributed by atoms with E-state index in [0.29, 0.717) is 16.9 Å². The lowest BCUT2D eigenvalue weighted by Gasteiger charge is -2.55. The molecule has 2 saturated carbocycles. The van der Waals surface area contributed by atoms with Crippen molar-refractivity contribution in [3.63, 3.8) is 0 Å². The normalized spacial score (nSPS) is 27.5. The molecule has 2 aliphatic rings. The van der Waals surface area contributed by atoms with Gasteiger partial charge in [-0.15, -0.1) is 10.2 Å². The van der Waals surface area contributed by atoms with Gasteiger partial charge in [0.1, 0.15) is 17.7 Å². The Bertz CT molecular complexity index is 1270. The number of ether oxygens (including phenoxy) is 1. The molecule has 2 aliphatic carbocycles. The van der Waals surface area contributed by atoms with Crippen LogP contribution in [0.4, 0.5) is 14.6 Å². The molecule has 5 rings (SSSR count). The predicted octanol–water partition coefficient (Wildman–Crippen LogP) is 5.59. The van der Waals surface area contributed by atoms with Crippen LogP contribution in [0.2, 0.25) is 0 Å². The third-order valence-corrected chi connectivity index (χ3v) is 8.06. The van der Waals surface area contributed by atoms with Crippen LogP contribution in [0.5, 0.6) is 11.6 Å². The zero-order valence-corrected chi connectivity index (χ0v) is 21.0. The molecule has 1 N–H and O–H groups in total. The molecule has 0 unspecified atom stereocenters. The smallest absolute Gasteiger partial charge is 0.213 e. The maximum Gasteiger partial charge on any atom is 0.213 e. The van der Waals surface area contributed by atoms with Crippen molar-refractivity contribution in [1.29, 1.82) is 0 Å². The average Bonchev–Trinajstić information content (AvgIpc) is 2.86. The van der Waals surface area contributed by atoms with Crippen LogP contribution in [-0.4, -0.2) is 51.6 Å². The van der Waals surface area contributed by atoms with Gasteiger partial charge in [0.25, 0.3) is 0 Å². The number of benzene rings is 1. The van der Waals surface area contributed by atoms with E-state index in [2.05, 4.69) is 34.0 Å². The van der Waals surface area contributed by atoms with Crippen LogP contribution in [0.25, 0.3) is 22.5 Å². The molecule has 0 saturated heterocycles. The minimum Gasteiger partial charge on any atom is -0.507 e.